The van der Waals surface area contributed by atoms with Gasteiger partial charge in [-0.05, 0) is 55.2 Å². The van der Waals surface area contributed by atoms with Crippen molar-refractivity contribution < 1.29 is 8.42 Å². The van der Waals surface area contributed by atoms with Crippen LogP contribution in [0.5, 0.6) is 0 Å². The van der Waals surface area contributed by atoms with Crippen molar-refractivity contribution >= 4 is 31.5 Å². The molecule has 3 nitrogen and oxygen atoms in total. The maximum absolute atomic E-state index is 13.1. The molecule has 0 bridgehead atoms. The summed E-state index contributed by atoms with van der Waals surface area (Å²) in [5, 5.41) is 0.632. The quantitative estimate of drug-likeness (QED) is 0.527. The van der Waals surface area contributed by atoms with E-state index in [-0.39, 0.29) is 0 Å². The average molecular weight is 420 g/mol. The Hall–Kier alpha value is -1.59. The Labute approximate surface area is 158 Å². The Morgan fingerprint density at radius 1 is 1.12 bits per heavy atom. The zero-order valence-corrected chi connectivity index (χ0v) is 16.9. The van der Waals surface area contributed by atoms with E-state index in [4.69, 9.17) is 0 Å². The zero-order valence-electron chi connectivity index (χ0n) is 14.5. The standard InChI is InChI=1S/C20H22BrNO2S/c1-15-13-19(25(23,24)17-9-5-3-6-10-17)16(2)18(14-21)20(15)22-11-7-4-8-12-22/h3-7,9-10,13H,8,11-12,14H2,1-2H3. The highest BCUT2D eigenvalue weighted by Gasteiger charge is 2.25. The van der Waals surface area contributed by atoms with Gasteiger partial charge >= 0.3 is 0 Å². The van der Waals surface area contributed by atoms with Crippen molar-refractivity contribution in [3.05, 3.63) is 65.2 Å². The van der Waals surface area contributed by atoms with Crippen LogP contribution in [0.3, 0.4) is 0 Å². The molecule has 1 heterocycles. The number of rotatable bonds is 4. The number of anilines is 1. The van der Waals surface area contributed by atoms with E-state index < -0.39 is 9.84 Å². The minimum absolute atomic E-state index is 0.340. The molecule has 0 saturated carbocycles. The molecule has 0 spiro atoms. The molecule has 2 aromatic rings. The maximum atomic E-state index is 13.1. The van der Waals surface area contributed by atoms with Gasteiger partial charge in [-0.1, -0.05) is 46.3 Å². The van der Waals surface area contributed by atoms with Gasteiger partial charge < -0.3 is 4.90 Å². The van der Waals surface area contributed by atoms with Crippen molar-refractivity contribution in [1.29, 1.82) is 0 Å². The summed E-state index contributed by atoms with van der Waals surface area (Å²) in [5.74, 6) is 0. The highest BCUT2D eigenvalue weighted by Crippen LogP contribution is 2.36. The Kier molecular flexibility index (Phi) is 5.35. The molecule has 3 rings (SSSR count). The summed E-state index contributed by atoms with van der Waals surface area (Å²) in [7, 11) is -3.53. The molecule has 0 fully saturated rings. The van der Waals surface area contributed by atoms with Gasteiger partial charge in [0.05, 0.1) is 9.79 Å². The summed E-state index contributed by atoms with van der Waals surface area (Å²) in [6.07, 6.45) is 5.38. The van der Waals surface area contributed by atoms with E-state index in [2.05, 4.69) is 33.0 Å². The third-order valence-corrected chi connectivity index (χ3v) is 7.14. The monoisotopic (exact) mass is 419 g/mol. The van der Waals surface area contributed by atoms with Gasteiger partial charge in [0.1, 0.15) is 0 Å². The summed E-state index contributed by atoms with van der Waals surface area (Å²) in [6.45, 7) is 5.74. The Morgan fingerprint density at radius 2 is 1.84 bits per heavy atom. The molecule has 0 radical (unpaired) electrons. The van der Waals surface area contributed by atoms with Crippen LogP contribution in [0.1, 0.15) is 23.1 Å². The normalized spacial score (nSPS) is 14.8. The number of hydrogen-bond donors (Lipinski definition) is 0. The first-order valence-electron chi connectivity index (χ1n) is 8.36. The molecule has 1 aliphatic heterocycles. The Balaban J connectivity index is 2.18. The lowest BCUT2D eigenvalue weighted by atomic mass is 10.0. The molecule has 2 aromatic carbocycles. The average Bonchev–Trinajstić information content (AvgIpc) is 2.64. The lowest BCUT2D eigenvalue weighted by Crippen LogP contribution is -2.29. The second kappa shape index (κ2) is 7.34. The Bertz CT molecular complexity index is 905. The number of nitrogens with zero attached hydrogens (tertiary/aromatic N) is 1. The van der Waals surface area contributed by atoms with Crippen LogP contribution in [0.15, 0.2) is 58.3 Å². The molecule has 0 amide bonds. The number of hydrogen-bond acceptors (Lipinski definition) is 3. The van der Waals surface area contributed by atoms with Crippen molar-refractivity contribution in [3.63, 3.8) is 0 Å². The van der Waals surface area contributed by atoms with E-state index in [9.17, 15) is 8.42 Å². The van der Waals surface area contributed by atoms with Gasteiger partial charge in [0, 0.05) is 24.1 Å². The van der Waals surface area contributed by atoms with E-state index in [1.54, 1.807) is 24.3 Å². The summed E-state index contributed by atoms with van der Waals surface area (Å²) < 4.78 is 26.2. The molecule has 0 aliphatic carbocycles. The number of aryl methyl sites for hydroxylation is 1. The lowest BCUT2D eigenvalue weighted by Gasteiger charge is -2.31. The molecule has 0 aromatic heterocycles. The number of sulfone groups is 1. The van der Waals surface area contributed by atoms with Crippen LogP contribution in [0.25, 0.3) is 0 Å². The number of benzene rings is 2. The van der Waals surface area contributed by atoms with Crippen LogP contribution in [0.4, 0.5) is 5.69 Å². The number of halogens is 1. The van der Waals surface area contributed by atoms with Gasteiger partial charge in [-0.3, -0.25) is 0 Å². The van der Waals surface area contributed by atoms with Crippen LogP contribution in [0.2, 0.25) is 0 Å². The van der Waals surface area contributed by atoms with Crippen molar-refractivity contribution in [2.45, 2.75) is 35.4 Å². The van der Waals surface area contributed by atoms with Gasteiger partial charge in [-0.25, -0.2) is 8.42 Å². The van der Waals surface area contributed by atoms with Crippen LogP contribution in [0, 0.1) is 13.8 Å². The van der Waals surface area contributed by atoms with Crippen molar-refractivity contribution in [1.82, 2.24) is 0 Å². The zero-order chi connectivity index (χ0) is 18.0. The molecular formula is C20H22BrNO2S. The molecule has 0 N–H and O–H groups in total. The predicted molar refractivity (Wildman–Crippen MR) is 106 cm³/mol. The second-order valence-corrected chi connectivity index (χ2v) is 8.78. The van der Waals surface area contributed by atoms with E-state index in [1.807, 2.05) is 26.0 Å². The first kappa shape index (κ1) is 18.2. The van der Waals surface area contributed by atoms with Crippen molar-refractivity contribution in [3.8, 4) is 0 Å². The minimum Gasteiger partial charge on any atom is -0.367 e. The fraction of sp³-hybridized carbons (Fsp3) is 0.300. The number of alkyl halides is 1. The molecule has 0 saturated heterocycles. The summed E-state index contributed by atoms with van der Waals surface area (Å²) in [6, 6.07) is 10.5. The molecule has 25 heavy (non-hydrogen) atoms. The first-order valence-corrected chi connectivity index (χ1v) is 11.0. The van der Waals surface area contributed by atoms with Crippen LogP contribution in [-0.4, -0.2) is 21.5 Å². The largest absolute Gasteiger partial charge is 0.367 e. The molecule has 1 aliphatic rings. The SMILES string of the molecule is Cc1cc(S(=O)(=O)c2ccccc2)c(C)c(CBr)c1N1CC=CCC1. The topological polar surface area (TPSA) is 37.4 Å². The highest BCUT2D eigenvalue weighted by atomic mass is 79.9. The summed E-state index contributed by atoms with van der Waals surface area (Å²) in [4.78, 5) is 3.08. The third kappa shape index (κ3) is 3.40. The van der Waals surface area contributed by atoms with E-state index in [0.717, 1.165) is 41.9 Å². The second-order valence-electron chi connectivity index (χ2n) is 6.30. The van der Waals surface area contributed by atoms with Gasteiger partial charge in [0.2, 0.25) is 9.84 Å². The minimum atomic E-state index is -3.53. The molecular weight excluding hydrogens is 398 g/mol. The smallest absolute Gasteiger partial charge is 0.206 e. The van der Waals surface area contributed by atoms with Gasteiger partial charge in [0.25, 0.3) is 0 Å². The molecule has 0 unspecified atom stereocenters. The Morgan fingerprint density at radius 3 is 2.44 bits per heavy atom. The lowest BCUT2D eigenvalue weighted by molar-refractivity contribution is 0.595. The van der Waals surface area contributed by atoms with E-state index in [1.165, 1.54) is 0 Å². The fourth-order valence-electron chi connectivity index (χ4n) is 3.39. The van der Waals surface area contributed by atoms with Gasteiger partial charge in [-0.15, -0.1) is 0 Å². The van der Waals surface area contributed by atoms with Gasteiger partial charge in [0.15, 0.2) is 0 Å². The fourth-order valence-corrected chi connectivity index (χ4v) is 5.71. The maximum Gasteiger partial charge on any atom is 0.206 e. The van der Waals surface area contributed by atoms with E-state index in [0.29, 0.717) is 15.1 Å². The van der Waals surface area contributed by atoms with Crippen molar-refractivity contribution in [2.75, 3.05) is 18.0 Å². The summed E-state index contributed by atoms with van der Waals surface area (Å²) in [5.41, 5.74) is 4.05. The third-order valence-electron chi connectivity index (χ3n) is 4.68. The summed E-state index contributed by atoms with van der Waals surface area (Å²) >= 11 is 3.58. The molecule has 132 valence electrons. The van der Waals surface area contributed by atoms with E-state index >= 15 is 0 Å². The predicted octanol–water partition coefficient (Wildman–Crippen LogP) is 4.80. The first-order chi connectivity index (χ1) is 12.0. The van der Waals surface area contributed by atoms with Crippen molar-refractivity contribution in [2.24, 2.45) is 0 Å². The van der Waals surface area contributed by atoms with Gasteiger partial charge in [-0.2, -0.15) is 0 Å². The van der Waals surface area contributed by atoms with Crippen LogP contribution < -0.4 is 4.90 Å². The van der Waals surface area contributed by atoms with Crippen LogP contribution >= 0.6 is 15.9 Å². The molecule has 0 atom stereocenters. The van der Waals surface area contributed by atoms with Crippen LogP contribution in [-0.2, 0) is 15.2 Å². The highest BCUT2D eigenvalue weighted by molar-refractivity contribution is 9.08. The molecule has 5 heteroatoms.